The summed E-state index contributed by atoms with van der Waals surface area (Å²) < 4.78 is 58.8. The highest BCUT2D eigenvalue weighted by Crippen LogP contribution is 2.28. The van der Waals surface area contributed by atoms with Crippen molar-refractivity contribution in [3.8, 4) is 5.75 Å². The molecule has 2 rings (SSSR count). The molecule has 0 aliphatic carbocycles. The Morgan fingerprint density at radius 1 is 1.10 bits per heavy atom. The predicted octanol–water partition coefficient (Wildman–Crippen LogP) is 0.832. The summed E-state index contributed by atoms with van der Waals surface area (Å²) in [5, 5.41) is 0. The van der Waals surface area contributed by atoms with Crippen LogP contribution in [0.15, 0.2) is 53.4 Å². The van der Waals surface area contributed by atoms with Crippen molar-refractivity contribution in [2.75, 3.05) is 17.6 Å². The second-order valence-corrected chi connectivity index (χ2v) is 9.83. The van der Waals surface area contributed by atoms with Gasteiger partial charge in [0.15, 0.2) is 0 Å². The topological polar surface area (TPSA) is 145 Å². The summed E-state index contributed by atoms with van der Waals surface area (Å²) in [5.74, 6) is -1.06. The van der Waals surface area contributed by atoms with Crippen LogP contribution >= 0.6 is 0 Å². The zero-order valence-corrected chi connectivity index (χ0v) is 17.6. The van der Waals surface area contributed by atoms with E-state index in [1.165, 1.54) is 32.2 Å². The molecule has 0 fully saturated rings. The van der Waals surface area contributed by atoms with Crippen LogP contribution in [0.1, 0.15) is 12.5 Å². The van der Waals surface area contributed by atoms with Crippen LogP contribution in [0.2, 0.25) is 0 Å². The lowest BCUT2D eigenvalue weighted by Crippen LogP contribution is -2.45. The molecule has 158 valence electrons. The number of anilines is 1. The third-order valence-electron chi connectivity index (χ3n) is 4.03. The molecule has 0 aliphatic rings. The summed E-state index contributed by atoms with van der Waals surface area (Å²) in [6, 6.07) is 11.4. The summed E-state index contributed by atoms with van der Waals surface area (Å²) in [6.07, 6.45) is 0.0755. The van der Waals surface area contributed by atoms with E-state index in [9.17, 15) is 21.6 Å². The molecule has 2 aromatic carbocycles. The summed E-state index contributed by atoms with van der Waals surface area (Å²) >= 11 is 0. The number of carbonyl (C=O) groups is 1. The number of primary amides is 1. The molecule has 2 aromatic rings. The van der Waals surface area contributed by atoms with Gasteiger partial charge in [-0.25, -0.2) is 16.8 Å². The molecule has 0 aliphatic heterocycles. The Bertz CT molecular complexity index is 1070. The van der Waals surface area contributed by atoms with Crippen LogP contribution in [0, 0.1) is 0 Å². The van der Waals surface area contributed by atoms with Crippen molar-refractivity contribution in [1.29, 1.82) is 0 Å². The Hall–Kier alpha value is -2.63. The lowest BCUT2D eigenvalue weighted by molar-refractivity contribution is -0.119. The summed E-state index contributed by atoms with van der Waals surface area (Å²) in [5.41, 5.74) is 6.26. The van der Waals surface area contributed by atoms with Crippen LogP contribution in [-0.4, -0.2) is 41.6 Å². The first-order chi connectivity index (χ1) is 13.6. The summed E-state index contributed by atoms with van der Waals surface area (Å²) in [4.78, 5) is 11.5. The van der Waals surface area contributed by atoms with E-state index in [0.717, 1.165) is 5.56 Å². The fraction of sp³-hybridized carbons (Fsp3) is 0.278. The Balaban J connectivity index is 2.32. The van der Waals surface area contributed by atoms with E-state index < -0.39 is 32.0 Å². The first kappa shape index (κ1) is 22.7. The van der Waals surface area contributed by atoms with Crippen LogP contribution in [0.25, 0.3) is 0 Å². The van der Waals surface area contributed by atoms with Gasteiger partial charge in [-0.1, -0.05) is 30.3 Å². The number of hydrogen-bond acceptors (Lipinski definition) is 6. The van der Waals surface area contributed by atoms with Crippen LogP contribution in [-0.2, 0) is 31.3 Å². The Morgan fingerprint density at radius 3 is 2.31 bits per heavy atom. The molecule has 0 aromatic heterocycles. The Labute approximate surface area is 170 Å². The van der Waals surface area contributed by atoms with Crippen LogP contribution in [0.4, 0.5) is 5.69 Å². The van der Waals surface area contributed by atoms with Crippen LogP contribution < -0.4 is 19.9 Å². The number of carbonyl (C=O) groups excluding carboxylic acids is 1. The van der Waals surface area contributed by atoms with Crippen molar-refractivity contribution in [2.24, 2.45) is 5.73 Å². The van der Waals surface area contributed by atoms with Crippen molar-refractivity contribution >= 4 is 31.6 Å². The average Bonchev–Trinajstić information content (AvgIpc) is 2.67. The van der Waals surface area contributed by atoms with Crippen molar-refractivity contribution in [3.63, 3.8) is 0 Å². The molecular weight excluding hydrogens is 418 g/mol. The van der Waals surface area contributed by atoms with Gasteiger partial charge in [-0.15, -0.1) is 0 Å². The van der Waals surface area contributed by atoms with Gasteiger partial charge in [-0.2, -0.15) is 4.72 Å². The van der Waals surface area contributed by atoms with E-state index in [1.54, 1.807) is 30.3 Å². The van der Waals surface area contributed by atoms with Crippen LogP contribution in [0.3, 0.4) is 0 Å². The van der Waals surface area contributed by atoms with Gasteiger partial charge in [-0.05, 0) is 31.0 Å². The molecule has 0 radical (unpaired) electrons. The quantitative estimate of drug-likeness (QED) is 0.498. The van der Waals surface area contributed by atoms with Crippen molar-refractivity contribution in [2.45, 2.75) is 24.3 Å². The van der Waals surface area contributed by atoms with E-state index in [0.29, 0.717) is 0 Å². The smallest absolute Gasteiger partial charge is 0.244 e. The molecule has 0 saturated carbocycles. The van der Waals surface area contributed by atoms with E-state index in [1.807, 2.05) is 0 Å². The van der Waals surface area contributed by atoms with E-state index in [-0.39, 0.29) is 28.5 Å². The molecule has 11 heteroatoms. The van der Waals surface area contributed by atoms with Crippen LogP contribution in [0.5, 0.6) is 5.75 Å². The molecule has 0 bridgehead atoms. The molecule has 29 heavy (non-hydrogen) atoms. The number of benzene rings is 2. The highest BCUT2D eigenvalue weighted by molar-refractivity contribution is 7.92. The standard InChI is InChI=1S/C18H23N3O6S2/c1-3-28(23,24)20-14-9-10-17(16(12-14)27-2)29(25,26)21-15(18(19)22)11-13-7-5-4-6-8-13/h4-10,12,15,20-21H,3,11H2,1-2H3,(H2,19,22). The third kappa shape index (κ3) is 6.17. The average molecular weight is 442 g/mol. The largest absolute Gasteiger partial charge is 0.495 e. The molecule has 1 unspecified atom stereocenters. The van der Waals surface area contributed by atoms with Gasteiger partial charge in [0.25, 0.3) is 0 Å². The van der Waals surface area contributed by atoms with Gasteiger partial charge in [-0.3, -0.25) is 9.52 Å². The van der Waals surface area contributed by atoms with Gasteiger partial charge in [0, 0.05) is 6.07 Å². The molecular formula is C18H23N3O6S2. The molecule has 4 N–H and O–H groups in total. The number of rotatable bonds is 10. The van der Waals surface area contributed by atoms with Gasteiger partial charge in [0.1, 0.15) is 16.7 Å². The zero-order chi connectivity index (χ0) is 21.7. The number of amides is 1. The third-order valence-corrected chi connectivity index (χ3v) is 6.85. The van der Waals surface area contributed by atoms with Gasteiger partial charge in [0.05, 0.1) is 18.6 Å². The molecule has 0 saturated heterocycles. The number of nitrogens with one attached hydrogen (secondary N) is 2. The maximum Gasteiger partial charge on any atom is 0.244 e. The monoisotopic (exact) mass is 441 g/mol. The Kier molecular flexibility index (Phi) is 7.22. The molecule has 0 heterocycles. The highest BCUT2D eigenvalue weighted by Gasteiger charge is 2.27. The van der Waals surface area contributed by atoms with Crippen molar-refractivity contribution in [1.82, 2.24) is 4.72 Å². The number of nitrogens with two attached hydrogens (primary N) is 1. The minimum atomic E-state index is -4.19. The maximum absolute atomic E-state index is 12.8. The summed E-state index contributed by atoms with van der Waals surface area (Å²) in [6.45, 7) is 1.47. The van der Waals surface area contributed by atoms with E-state index >= 15 is 0 Å². The second kappa shape index (κ2) is 9.25. The number of hydrogen-bond donors (Lipinski definition) is 3. The van der Waals surface area contributed by atoms with E-state index in [2.05, 4.69) is 9.44 Å². The molecule has 1 atom stereocenters. The number of methoxy groups -OCH3 is 1. The van der Waals surface area contributed by atoms with Gasteiger partial charge in [0.2, 0.25) is 26.0 Å². The fourth-order valence-corrected chi connectivity index (χ4v) is 4.49. The van der Waals surface area contributed by atoms with Gasteiger partial charge < -0.3 is 10.5 Å². The SMILES string of the molecule is CCS(=O)(=O)Nc1ccc(S(=O)(=O)NC(Cc2ccccc2)C(N)=O)c(OC)c1. The first-order valence-corrected chi connectivity index (χ1v) is 11.8. The maximum atomic E-state index is 12.8. The van der Waals surface area contributed by atoms with Gasteiger partial charge >= 0.3 is 0 Å². The number of ether oxygens (including phenoxy) is 1. The van der Waals surface area contributed by atoms with Crippen molar-refractivity contribution < 1.29 is 26.4 Å². The lowest BCUT2D eigenvalue weighted by atomic mass is 10.1. The van der Waals surface area contributed by atoms with Crippen molar-refractivity contribution in [3.05, 3.63) is 54.1 Å². The fourth-order valence-electron chi connectivity index (χ4n) is 2.51. The minimum Gasteiger partial charge on any atom is -0.495 e. The van der Waals surface area contributed by atoms with E-state index in [4.69, 9.17) is 10.5 Å². The molecule has 9 nitrogen and oxygen atoms in total. The lowest BCUT2D eigenvalue weighted by Gasteiger charge is -2.18. The second-order valence-electron chi connectivity index (χ2n) is 6.14. The minimum absolute atomic E-state index is 0.0755. The highest BCUT2D eigenvalue weighted by atomic mass is 32.2. The Morgan fingerprint density at radius 2 is 1.76 bits per heavy atom. The predicted molar refractivity (Wildman–Crippen MR) is 110 cm³/mol. The molecule has 0 spiro atoms. The zero-order valence-electron chi connectivity index (χ0n) is 16.0. The normalized spacial score (nSPS) is 12.9. The first-order valence-electron chi connectivity index (χ1n) is 8.62. The molecule has 1 amide bonds. The number of sulfonamides is 2. The summed E-state index contributed by atoms with van der Waals surface area (Å²) in [7, 11) is -6.48.